The first-order valence-corrected chi connectivity index (χ1v) is 11.4. The van der Waals surface area contributed by atoms with Crippen LogP contribution in [0.15, 0.2) is 61.1 Å². The van der Waals surface area contributed by atoms with E-state index < -0.39 is 18.6 Å². The van der Waals surface area contributed by atoms with Crippen LogP contribution in [0.5, 0.6) is 5.75 Å². The number of ether oxygens (including phenoxy) is 1. The highest BCUT2D eigenvalue weighted by Gasteiger charge is 2.28. The first kappa shape index (κ1) is 25.0. The number of carbonyl (C=O) groups excluding carboxylic acids is 1. The second kappa shape index (κ2) is 10.0. The van der Waals surface area contributed by atoms with E-state index in [-0.39, 0.29) is 17.1 Å². The van der Waals surface area contributed by atoms with Crippen LogP contribution >= 0.6 is 11.6 Å². The summed E-state index contributed by atoms with van der Waals surface area (Å²) in [7, 11) is 1.31. The maximum Gasteiger partial charge on any atom is 0.405 e. The Labute approximate surface area is 217 Å². The Hall–Kier alpha value is -4.65. The van der Waals surface area contributed by atoms with Crippen molar-refractivity contribution in [1.29, 1.82) is 0 Å². The van der Waals surface area contributed by atoms with Crippen LogP contribution in [0.25, 0.3) is 28.0 Å². The lowest BCUT2D eigenvalue weighted by atomic mass is 10.1. The van der Waals surface area contributed by atoms with Gasteiger partial charge in [0.05, 0.1) is 40.8 Å². The monoisotopic (exact) mass is 542 g/mol. The fourth-order valence-corrected chi connectivity index (χ4v) is 3.94. The molecule has 0 spiro atoms. The third-order valence-corrected chi connectivity index (χ3v) is 5.88. The minimum Gasteiger partial charge on any atom is -0.496 e. The number of nitrogens with zero attached hydrogens (tertiary/aromatic N) is 5. The number of alkyl halides is 3. The number of halogens is 4. The molecule has 5 rings (SSSR count). The van der Waals surface area contributed by atoms with Gasteiger partial charge in [-0.3, -0.25) is 14.9 Å². The van der Waals surface area contributed by atoms with Gasteiger partial charge in [-0.15, -0.1) is 5.10 Å². The number of hydrogen-bond acceptors (Lipinski definition) is 7. The quantitative estimate of drug-likeness (QED) is 0.267. The summed E-state index contributed by atoms with van der Waals surface area (Å²) in [5.41, 5.74) is 2.37. The number of hydrogen-bond donors (Lipinski definition) is 3. The number of rotatable bonds is 7. The Balaban J connectivity index is 1.52. The molecule has 14 heteroatoms. The SMILES string of the molecule is COc1cc(-c2nc(Nc3ccc4[nH]ncc4c3Cl)n(-c3ccncc3)n2)ccc1C(=O)NCC(F)(F)F. The van der Waals surface area contributed by atoms with E-state index in [4.69, 9.17) is 16.3 Å². The molecule has 0 saturated carbocycles. The van der Waals surface area contributed by atoms with E-state index in [1.54, 1.807) is 41.5 Å². The van der Waals surface area contributed by atoms with Gasteiger partial charge in [-0.2, -0.15) is 27.9 Å². The Bertz CT molecular complexity index is 1620. The average molecular weight is 543 g/mol. The molecule has 0 atom stereocenters. The van der Waals surface area contributed by atoms with E-state index in [1.165, 1.54) is 25.3 Å². The molecule has 0 aliphatic heterocycles. The topological polar surface area (TPSA) is 123 Å². The smallest absolute Gasteiger partial charge is 0.405 e. The number of amides is 1. The summed E-state index contributed by atoms with van der Waals surface area (Å²) in [4.78, 5) is 21.0. The molecule has 0 fully saturated rings. The summed E-state index contributed by atoms with van der Waals surface area (Å²) in [5.74, 6) is -0.287. The van der Waals surface area contributed by atoms with E-state index in [1.807, 2.05) is 11.4 Å². The molecule has 0 aliphatic rings. The maximum atomic E-state index is 12.5. The predicted molar refractivity (Wildman–Crippen MR) is 134 cm³/mol. The number of anilines is 2. The van der Waals surface area contributed by atoms with Crippen molar-refractivity contribution in [2.24, 2.45) is 0 Å². The van der Waals surface area contributed by atoms with Gasteiger partial charge in [-0.05, 0) is 36.4 Å². The van der Waals surface area contributed by atoms with Gasteiger partial charge in [0.15, 0.2) is 5.82 Å². The van der Waals surface area contributed by atoms with Crippen molar-refractivity contribution in [3.05, 3.63) is 71.6 Å². The van der Waals surface area contributed by atoms with Crippen LogP contribution in [0.1, 0.15) is 10.4 Å². The summed E-state index contributed by atoms with van der Waals surface area (Å²) in [6.07, 6.45) is 0.270. The van der Waals surface area contributed by atoms with Gasteiger partial charge < -0.3 is 15.4 Å². The van der Waals surface area contributed by atoms with Gasteiger partial charge in [-0.1, -0.05) is 17.7 Å². The Morgan fingerprint density at radius 2 is 1.95 bits per heavy atom. The summed E-state index contributed by atoms with van der Waals surface area (Å²) >= 11 is 6.58. The standard InChI is InChI=1S/C24H18ClF3N8O2/c1-38-19-10-13(2-3-15(19)22(37)30-12-24(26,27)28)21-33-23(36(35-21)14-6-8-29-9-7-14)32-18-5-4-17-16(20(18)25)11-31-34-17/h2-11H,12H2,1H3,(H,30,37)(H,31,34)(H,32,33,35). The zero-order valence-electron chi connectivity index (χ0n) is 19.5. The molecule has 2 aromatic carbocycles. The van der Waals surface area contributed by atoms with Crippen molar-refractivity contribution in [2.75, 3.05) is 19.0 Å². The van der Waals surface area contributed by atoms with E-state index in [0.717, 1.165) is 10.9 Å². The molecule has 3 aromatic heterocycles. The predicted octanol–water partition coefficient (Wildman–Crippen LogP) is 4.90. The molecular weight excluding hydrogens is 525 g/mol. The highest BCUT2D eigenvalue weighted by atomic mass is 35.5. The minimum atomic E-state index is -4.54. The minimum absolute atomic E-state index is 0.0606. The Kier molecular flexibility index (Phi) is 6.59. The Morgan fingerprint density at radius 3 is 2.68 bits per heavy atom. The fraction of sp³-hybridized carbons (Fsp3) is 0.125. The van der Waals surface area contributed by atoms with Gasteiger partial charge in [-0.25, -0.2) is 0 Å². The van der Waals surface area contributed by atoms with E-state index in [2.05, 4.69) is 30.6 Å². The molecule has 0 bridgehead atoms. The lowest BCUT2D eigenvalue weighted by Crippen LogP contribution is -2.33. The molecule has 5 aromatic rings. The number of nitrogens with one attached hydrogen (secondary N) is 3. The summed E-state index contributed by atoms with van der Waals surface area (Å²) < 4.78 is 44.4. The van der Waals surface area contributed by atoms with Crippen molar-refractivity contribution in [3.63, 3.8) is 0 Å². The van der Waals surface area contributed by atoms with Crippen LogP contribution in [0.4, 0.5) is 24.8 Å². The lowest BCUT2D eigenvalue weighted by molar-refractivity contribution is -0.123. The number of aromatic amines is 1. The van der Waals surface area contributed by atoms with Crippen LogP contribution in [-0.4, -0.2) is 55.7 Å². The number of carbonyl (C=O) groups is 1. The lowest BCUT2D eigenvalue weighted by Gasteiger charge is -2.11. The molecular formula is C24H18ClF3N8O2. The highest BCUT2D eigenvalue weighted by molar-refractivity contribution is 6.38. The van der Waals surface area contributed by atoms with Gasteiger partial charge in [0.25, 0.3) is 5.91 Å². The molecule has 0 unspecified atom stereocenters. The molecule has 0 radical (unpaired) electrons. The van der Waals surface area contributed by atoms with E-state index in [0.29, 0.717) is 27.9 Å². The molecule has 194 valence electrons. The molecule has 3 heterocycles. The van der Waals surface area contributed by atoms with Crippen molar-refractivity contribution in [1.82, 2.24) is 35.3 Å². The normalized spacial score (nSPS) is 11.5. The van der Waals surface area contributed by atoms with Crippen LogP contribution in [0.2, 0.25) is 5.02 Å². The number of benzene rings is 2. The third-order valence-electron chi connectivity index (χ3n) is 5.47. The molecule has 3 N–H and O–H groups in total. The van der Waals surface area contributed by atoms with Gasteiger partial charge in [0, 0.05) is 23.3 Å². The summed E-state index contributed by atoms with van der Waals surface area (Å²) in [5, 5.41) is 17.6. The van der Waals surface area contributed by atoms with Crippen LogP contribution < -0.4 is 15.4 Å². The largest absolute Gasteiger partial charge is 0.496 e. The zero-order valence-corrected chi connectivity index (χ0v) is 20.3. The second-order valence-corrected chi connectivity index (χ2v) is 8.35. The van der Waals surface area contributed by atoms with Crippen molar-refractivity contribution < 1.29 is 22.7 Å². The number of methoxy groups -OCH3 is 1. The first-order chi connectivity index (χ1) is 18.2. The number of fused-ring (bicyclic) bond motifs is 1. The highest BCUT2D eigenvalue weighted by Crippen LogP contribution is 2.33. The van der Waals surface area contributed by atoms with Crippen molar-refractivity contribution in [3.8, 4) is 22.8 Å². The van der Waals surface area contributed by atoms with Crippen molar-refractivity contribution in [2.45, 2.75) is 6.18 Å². The van der Waals surface area contributed by atoms with Crippen LogP contribution in [-0.2, 0) is 0 Å². The molecule has 10 nitrogen and oxygen atoms in total. The zero-order chi connectivity index (χ0) is 26.9. The maximum absolute atomic E-state index is 12.5. The number of H-pyrrole nitrogens is 1. The number of pyridine rings is 1. The Morgan fingerprint density at radius 1 is 1.16 bits per heavy atom. The second-order valence-electron chi connectivity index (χ2n) is 7.97. The molecule has 0 saturated heterocycles. The van der Waals surface area contributed by atoms with Crippen molar-refractivity contribution >= 4 is 40.0 Å². The van der Waals surface area contributed by atoms with Gasteiger partial charge in [0.2, 0.25) is 5.95 Å². The summed E-state index contributed by atoms with van der Waals surface area (Å²) in [6, 6.07) is 11.4. The van der Waals surface area contributed by atoms with Crippen LogP contribution in [0.3, 0.4) is 0 Å². The fourth-order valence-electron chi connectivity index (χ4n) is 3.67. The average Bonchev–Trinajstić information content (AvgIpc) is 3.56. The molecule has 38 heavy (non-hydrogen) atoms. The summed E-state index contributed by atoms with van der Waals surface area (Å²) in [6.45, 7) is -1.46. The van der Waals surface area contributed by atoms with Gasteiger partial charge >= 0.3 is 6.18 Å². The van der Waals surface area contributed by atoms with E-state index >= 15 is 0 Å². The third kappa shape index (κ3) is 5.09. The van der Waals surface area contributed by atoms with Crippen LogP contribution in [0, 0.1) is 0 Å². The molecule has 1 amide bonds. The van der Waals surface area contributed by atoms with E-state index in [9.17, 15) is 18.0 Å². The number of aromatic nitrogens is 6. The first-order valence-electron chi connectivity index (χ1n) is 11.0. The molecule has 0 aliphatic carbocycles. The van der Waals surface area contributed by atoms with Gasteiger partial charge in [0.1, 0.15) is 12.3 Å².